The van der Waals surface area contributed by atoms with E-state index in [4.69, 9.17) is 28.9 Å². The molecule has 0 radical (unpaired) electrons. The van der Waals surface area contributed by atoms with Crippen molar-refractivity contribution in [3.05, 3.63) is 27.3 Å². The molecule has 3 rings (SSSR count). The molecule has 3 nitrogen and oxygen atoms in total. The van der Waals surface area contributed by atoms with Gasteiger partial charge in [0.15, 0.2) is 11.0 Å². The molecule has 0 aromatic carbocycles. The SMILES string of the molecule is NC1CCn2c(-c3ccc(Cl)s3)nc(Cl)c2C1. The van der Waals surface area contributed by atoms with E-state index in [-0.39, 0.29) is 6.04 Å². The molecule has 17 heavy (non-hydrogen) atoms. The van der Waals surface area contributed by atoms with Gasteiger partial charge >= 0.3 is 0 Å². The molecule has 6 heteroatoms. The fraction of sp³-hybridized carbons (Fsp3) is 0.364. The van der Waals surface area contributed by atoms with E-state index in [1.54, 1.807) is 0 Å². The second-order valence-electron chi connectivity index (χ2n) is 4.18. The van der Waals surface area contributed by atoms with E-state index in [1.807, 2.05) is 12.1 Å². The molecule has 2 aromatic rings. The molecular formula is C11H11Cl2N3S. The third-order valence-electron chi connectivity index (χ3n) is 3.00. The molecule has 90 valence electrons. The number of hydrogen-bond acceptors (Lipinski definition) is 3. The Kier molecular flexibility index (Phi) is 2.91. The molecule has 1 aliphatic rings. The van der Waals surface area contributed by atoms with Crippen molar-refractivity contribution in [1.29, 1.82) is 0 Å². The Morgan fingerprint density at radius 3 is 2.94 bits per heavy atom. The van der Waals surface area contributed by atoms with Gasteiger partial charge in [0.1, 0.15) is 0 Å². The van der Waals surface area contributed by atoms with Crippen LogP contribution in [-0.2, 0) is 13.0 Å². The Labute approximate surface area is 113 Å². The highest BCUT2D eigenvalue weighted by Gasteiger charge is 2.24. The first kappa shape index (κ1) is 11.5. The van der Waals surface area contributed by atoms with Crippen LogP contribution in [0.1, 0.15) is 12.1 Å². The van der Waals surface area contributed by atoms with Crippen molar-refractivity contribution in [3.8, 4) is 10.7 Å². The minimum absolute atomic E-state index is 0.191. The zero-order chi connectivity index (χ0) is 12.0. The summed E-state index contributed by atoms with van der Waals surface area (Å²) >= 11 is 13.6. The Bertz CT molecular complexity index is 561. The summed E-state index contributed by atoms with van der Waals surface area (Å²) in [6, 6.07) is 4.05. The van der Waals surface area contributed by atoms with Crippen molar-refractivity contribution < 1.29 is 0 Å². The van der Waals surface area contributed by atoms with Crippen molar-refractivity contribution in [2.75, 3.05) is 0 Å². The molecule has 0 saturated carbocycles. The number of nitrogens with two attached hydrogens (primary N) is 1. The molecule has 0 aliphatic carbocycles. The molecule has 3 heterocycles. The first-order valence-electron chi connectivity index (χ1n) is 5.41. The zero-order valence-electron chi connectivity index (χ0n) is 8.99. The van der Waals surface area contributed by atoms with Gasteiger partial charge in [0.25, 0.3) is 0 Å². The van der Waals surface area contributed by atoms with E-state index in [9.17, 15) is 0 Å². The minimum atomic E-state index is 0.191. The number of fused-ring (bicyclic) bond motifs is 1. The molecule has 1 atom stereocenters. The smallest absolute Gasteiger partial charge is 0.152 e. The fourth-order valence-electron chi connectivity index (χ4n) is 2.16. The molecule has 1 unspecified atom stereocenters. The third-order valence-corrected chi connectivity index (χ3v) is 4.53. The quantitative estimate of drug-likeness (QED) is 0.875. The van der Waals surface area contributed by atoms with Crippen molar-refractivity contribution in [2.24, 2.45) is 5.73 Å². The van der Waals surface area contributed by atoms with Gasteiger partial charge in [-0.25, -0.2) is 4.98 Å². The number of hydrogen-bond donors (Lipinski definition) is 1. The maximum atomic E-state index is 6.17. The van der Waals surface area contributed by atoms with Crippen LogP contribution in [-0.4, -0.2) is 15.6 Å². The van der Waals surface area contributed by atoms with E-state index in [1.165, 1.54) is 11.3 Å². The largest absolute Gasteiger partial charge is 0.327 e. The second-order valence-corrected chi connectivity index (χ2v) is 6.25. The summed E-state index contributed by atoms with van der Waals surface area (Å²) in [5.41, 5.74) is 7.00. The lowest BCUT2D eigenvalue weighted by atomic mass is 10.1. The Morgan fingerprint density at radius 2 is 2.24 bits per heavy atom. The predicted octanol–water partition coefficient (Wildman–Crippen LogP) is 3.19. The number of rotatable bonds is 1. The maximum Gasteiger partial charge on any atom is 0.152 e. The Morgan fingerprint density at radius 1 is 1.41 bits per heavy atom. The highest BCUT2D eigenvalue weighted by Crippen LogP contribution is 2.34. The van der Waals surface area contributed by atoms with Crippen molar-refractivity contribution >= 4 is 34.5 Å². The van der Waals surface area contributed by atoms with E-state index in [0.29, 0.717) is 5.15 Å². The van der Waals surface area contributed by atoms with Gasteiger partial charge in [-0.2, -0.15) is 0 Å². The van der Waals surface area contributed by atoms with Gasteiger partial charge in [-0.1, -0.05) is 23.2 Å². The van der Waals surface area contributed by atoms with E-state index in [2.05, 4.69) is 9.55 Å². The van der Waals surface area contributed by atoms with Crippen molar-refractivity contribution in [1.82, 2.24) is 9.55 Å². The molecule has 2 N–H and O–H groups in total. The molecule has 0 saturated heterocycles. The average molecular weight is 288 g/mol. The van der Waals surface area contributed by atoms with Crippen LogP contribution in [0.5, 0.6) is 0 Å². The molecule has 0 spiro atoms. The normalized spacial score (nSPS) is 19.4. The summed E-state index contributed by atoms with van der Waals surface area (Å²) in [6.45, 7) is 0.876. The molecule has 0 amide bonds. The van der Waals surface area contributed by atoms with Crippen molar-refractivity contribution in [2.45, 2.75) is 25.4 Å². The molecule has 0 bridgehead atoms. The lowest BCUT2D eigenvalue weighted by Crippen LogP contribution is -2.30. The van der Waals surface area contributed by atoms with Crippen LogP contribution < -0.4 is 5.73 Å². The van der Waals surface area contributed by atoms with Gasteiger partial charge in [-0.05, 0) is 18.6 Å². The summed E-state index contributed by atoms with van der Waals surface area (Å²) < 4.78 is 2.93. The van der Waals surface area contributed by atoms with Gasteiger partial charge in [0, 0.05) is 19.0 Å². The van der Waals surface area contributed by atoms with E-state index in [0.717, 1.165) is 40.1 Å². The van der Waals surface area contributed by atoms with Crippen LogP contribution in [0.2, 0.25) is 9.49 Å². The van der Waals surface area contributed by atoms with E-state index < -0.39 is 0 Å². The van der Waals surface area contributed by atoms with Crippen molar-refractivity contribution in [3.63, 3.8) is 0 Å². The Balaban J connectivity index is 2.10. The highest BCUT2D eigenvalue weighted by atomic mass is 35.5. The molecule has 0 fully saturated rings. The summed E-state index contributed by atoms with van der Waals surface area (Å²) in [7, 11) is 0. The Hall–Kier alpha value is -0.550. The lowest BCUT2D eigenvalue weighted by molar-refractivity contribution is 0.475. The zero-order valence-corrected chi connectivity index (χ0v) is 11.3. The van der Waals surface area contributed by atoms with Gasteiger partial charge < -0.3 is 10.3 Å². The number of nitrogens with zero attached hydrogens (tertiary/aromatic N) is 2. The second kappa shape index (κ2) is 4.28. The van der Waals surface area contributed by atoms with Crippen LogP contribution in [0.4, 0.5) is 0 Å². The maximum absolute atomic E-state index is 6.17. The lowest BCUT2D eigenvalue weighted by Gasteiger charge is -2.21. The fourth-order valence-corrected chi connectivity index (χ4v) is 3.46. The third kappa shape index (κ3) is 1.99. The standard InChI is InChI=1S/C11H11Cl2N3S/c12-9-2-1-8(17-9)11-15-10(13)7-5-6(14)3-4-16(7)11/h1-2,6H,3-5,14H2. The molecule has 1 aliphatic heterocycles. The monoisotopic (exact) mass is 287 g/mol. The number of thiophene rings is 1. The average Bonchev–Trinajstić information content (AvgIpc) is 2.84. The van der Waals surface area contributed by atoms with Crippen LogP contribution in [0.15, 0.2) is 12.1 Å². The predicted molar refractivity (Wildman–Crippen MR) is 71.9 cm³/mol. The number of halogens is 2. The van der Waals surface area contributed by atoms with Crippen LogP contribution in [0, 0.1) is 0 Å². The first-order valence-corrected chi connectivity index (χ1v) is 6.98. The van der Waals surface area contributed by atoms with Gasteiger partial charge in [0.05, 0.1) is 14.9 Å². The topological polar surface area (TPSA) is 43.8 Å². The van der Waals surface area contributed by atoms with Gasteiger partial charge in [-0.3, -0.25) is 0 Å². The van der Waals surface area contributed by atoms with Gasteiger partial charge in [-0.15, -0.1) is 11.3 Å². The summed E-state index contributed by atoms with van der Waals surface area (Å²) in [4.78, 5) is 5.49. The van der Waals surface area contributed by atoms with Gasteiger partial charge in [0.2, 0.25) is 0 Å². The van der Waals surface area contributed by atoms with E-state index >= 15 is 0 Å². The molecule has 2 aromatic heterocycles. The minimum Gasteiger partial charge on any atom is -0.327 e. The summed E-state index contributed by atoms with van der Waals surface area (Å²) in [6.07, 6.45) is 1.76. The van der Waals surface area contributed by atoms with Crippen LogP contribution >= 0.6 is 34.5 Å². The summed E-state index contributed by atoms with van der Waals surface area (Å²) in [5.74, 6) is 0.911. The van der Waals surface area contributed by atoms with Crippen LogP contribution in [0.25, 0.3) is 10.7 Å². The number of imidazole rings is 1. The highest BCUT2D eigenvalue weighted by molar-refractivity contribution is 7.19. The first-order chi connectivity index (χ1) is 8.15. The number of aromatic nitrogens is 2. The summed E-state index contributed by atoms with van der Waals surface area (Å²) in [5, 5.41) is 0.569. The molecular weight excluding hydrogens is 277 g/mol. The van der Waals surface area contributed by atoms with Crippen LogP contribution in [0.3, 0.4) is 0 Å².